The lowest BCUT2D eigenvalue weighted by molar-refractivity contribution is 0.404. The number of nitrogens with zero attached hydrogens (tertiary/aromatic N) is 2. The second-order valence-corrected chi connectivity index (χ2v) is 5.05. The van der Waals surface area contributed by atoms with Gasteiger partial charge in [-0.15, -0.1) is 12.4 Å². The molecule has 5 nitrogen and oxygen atoms in total. The molecule has 0 unspecified atom stereocenters. The van der Waals surface area contributed by atoms with Crippen molar-refractivity contribution < 1.29 is 9.47 Å². The quantitative estimate of drug-likeness (QED) is 0.937. The van der Waals surface area contributed by atoms with Gasteiger partial charge in [0.1, 0.15) is 17.2 Å². The summed E-state index contributed by atoms with van der Waals surface area (Å²) in [4.78, 5) is 8.85. The Morgan fingerprint density at radius 2 is 1.64 bits per heavy atom. The minimum atomic E-state index is 0. The Bertz CT molecular complexity index is 586. The van der Waals surface area contributed by atoms with Crippen LogP contribution in [0.5, 0.6) is 17.4 Å². The van der Waals surface area contributed by atoms with Crippen molar-refractivity contribution in [2.45, 2.75) is 18.8 Å². The molecule has 6 heteroatoms. The standard InChI is InChI=1S/C16H19N3O2.ClH/c1-20-13-2-4-14(5-3-13)21-16-15(18-10-11-19-16)12-6-8-17-9-7-12;/h2-5,10-12,17H,6-9H2,1H3;1H. The van der Waals surface area contributed by atoms with Crippen LogP contribution in [0.15, 0.2) is 36.7 Å². The number of nitrogens with one attached hydrogen (secondary N) is 1. The average molecular weight is 322 g/mol. The summed E-state index contributed by atoms with van der Waals surface area (Å²) in [6.45, 7) is 2.03. The number of halogens is 1. The minimum absolute atomic E-state index is 0. The molecule has 1 aliphatic rings. The van der Waals surface area contributed by atoms with Gasteiger partial charge in [-0.05, 0) is 50.2 Å². The fourth-order valence-electron chi connectivity index (χ4n) is 2.55. The Labute approximate surface area is 136 Å². The smallest absolute Gasteiger partial charge is 0.241 e. The van der Waals surface area contributed by atoms with Crippen LogP contribution < -0.4 is 14.8 Å². The molecule has 22 heavy (non-hydrogen) atoms. The molecule has 118 valence electrons. The lowest BCUT2D eigenvalue weighted by Gasteiger charge is -2.23. The third-order valence-electron chi connectivity index (χ3n) is 3.69. The third-order valence-corrected chi connectivity index (χ3v) is 3.69. The second kappa shape index (κ2) is 7.96. The molecule has 0 spiro atoms. The fraction of sp³-hybridized carbons (Fsp3) is 0.375. The summed E-state index contributed by atoms with van der Waals surface area (Å²) in [5.41, 5.74) is 0.954. The topological polar surface area (TPSA) is 56.3 Å². The van der Waals surface area contributed by atoms with Crippen LogP contribution in [0.2, 0.25) is 0 Å². The number of piperidine rings is 1. The van der Waals surface area contributed by atoms with Gasteiger partial charge < -0.3 is 14.8 Å². The SMILES string of the molecule is COc1ccc(Oc2nccnc2C2CCNCC2)cc1.Cl. The Hall–Kier alpha value is -1.85. The summed E-state index contributed by atoms with van der Waals surface area (Å²) >= 11 is 0. The van der Waals surface area contributed by atoms with Crippen molar-refractivity contribution in [3.8, 4) is 17.4 Å². The molecule has 0 radical (unpaired) electrons. The summed E-state index contributed by atoms with van der Waals surface area (Å²) in [7, 11) is 1.65. The van der Waals surface area contributed by atoms with Crippen molar-refractivity contribution in [3.05, 3.63) is 42.4 Å². The van der Waals surface area contributed by atoms with Crippen molar-refractivity contribution in [1.29, 1.82) is 0 Å². The maximum atomic E-state index is 5.91. The van der Waals surface area contributed by atoms with Gasteiger partial charge >= 0.3 is 0 Å². The van der Waals surface area contributed by atoms with E-state index < -0.39 is 0 Å². The molecule has 1 saturated heterocycles. The zero-order valence-electron chi connectivity index (χ0n) is 12.5. The molecular weight excluding hydrogens is 302 g/mol. The maximum absolute atomic E-state index is 5.91. The second-order valence-electron chi connectivity index (χ2n) is 5.05. The molecular formula is C16H20ClN3O2. The van der Waals surface area contributed by atoms with E-state index in [4.69, 9.17) is 9.47 Å². The minimum Gasteiger partial charge on any atom is -0.497 e. The van der Waals surface area contributed by atoms with Crippen LogP contribution in [0.4, 0.5) is 0 Å². The van der Waals surface area contributed by atoms with Gasteiger partial charge in [-0.1, -0.05) is 0 Å². The van der Waals surface area contributed by atoms with E-state index in [1.807, 2.05) is 24.3 Å². The number of hydrogen-bond acceptors (Lipinski definition) is 5. The molecule has 0 amide bonds. The van der Waals surface area contributed by atoms with E-state index in [9.17, 15) is 0 Å². The van der Waals surface area contributed by atoms with Gasteiger partial charge in [-0.25, -0.2) is 4.98 Å². The van der Waals surface area contributed by atoms with Crippen LogP contribution in [0.25, 0.3) is 0 Å². The summed E-state index contributed by atoms with van der Waals surface area (Å²) < 4.78 is 11.1. The molecule has 2 heterocycles. The first kappa shape index (κ1) is 16.5. The van der Waals surface area contributed by atoms with Crippen molar-refractivity contribution in [2.24, 2.45) is 0 Å². The van der Waals surface area contributed by atoms with Gasteiger partial charge in [0.25, 0.3) is 0 Å². The Kier molecular flexibility index (Phi) is 5.98. The van der Waals surface area contributed by atoms with Gasteiger partial charge in [0.15, 0.2) is 0 Å². The van der Waals surface area contributed by atoms with E-state index in [1.54, 1.807) is 19.5 Å². The lowest BCUT2D eigenvalue weighted by atomic mass is 9.94. The van der Waals surface area contributed by atoms with Crippen LogP contribution in [0.1, 0.15) is 24.5 Å². The molecule has 1 aromatic heterocycles. The van der Waals surface area contributed by atoms with Gasteiger partial charge in [-0.2, -0.15) is 0 Å². The first-order chi connectivity index (χ1) is 10.4. The van der Waals surface area contributed by atoms with Crippen LogP contribution in [0.3, 0.4) is 0 Å². The molecule has 0 aliphatic carbocycles. The van der Waals surface area contributed by atoms with E-state index >= 15 is 0 Å². The number of aromatic nitrogens is 2. The fourth-order valence-corrected chi connectivity index (χ4v) is 2.55. The first-order valence-electron chi connectivity index (χ1n) is 7.20. The van der Waals surface area contributed by atoms with Gasteiger partial charge in [0.2, 0.25) is 5.88 Å². The zero-order chi connectivity index (χ0) is 14.5. The van der Waals surface area contributed by atoms with Crippen LogP contribution in [-0.4, -0.2) is 30.2 Å². The summed E-state index contributed by atoms with van der Waals surface area (Å²) in [6, 6.07) is 7.49. The van der Waals surface area contributed by atoms with Crippen LogP contribution >= 0.6 is 12.4 Å². The van der Waals surface area contributed by atoms with E-state index in [2.05, 4.69) is 15.3 Å². The van der Waals surface area contributed by atoms with Crippen molar-refractivity contribution >= 4 is 12.4 Å². The summed E-state index contributed by atoms with van der Waals surface area (Å²) in [6.07, 6.45) is 5.54. The van der Waals surface area contributed by atoms with Gasteiger partial charge in [0.05, 0.1) is 7.11 Å². The molecule has 0 saturated carbocycles. The molecule has 1 aliphatic heterocycles. The largest absolute Gasteiger partial charge is 0.497 e. The number of methoxy groups -OCH3 is 1. The number of hydrogen-bond donors (Lipinski definition) is 1. The highest BCUT2D eigenvalue weighted by Crippen LogP contribution is 2.32. The summed E-state index contributed by atoms with van der Waals surface area (Å²) in [5.74, 6) is 2.56. The monoisotopic (exact) mass is 321 g/mol. The maximum Gasteiger partial charge on any atom is 0.241 e. The average Bonchev–Trinajstić information content (AvgIpc) is 2.57. The van der Waals surface area contributed by atoms with Gasteiger partial charge in [-0.3, -0.25) is 4.98 Å². The van der Waals surface area contributed by atoms with Crippen LogP contribution in [-0.2, 0) is 0 Å². The Morgan fingerprint density at radius 1 is 1.00 bits per heavy atom. The first-order valence-corrected chi connectivity index (χ1v) is 7.20. The Balaban J connectivity index is 0.00000176. The highest BCUT2D eigenvalue weighted by molar-refractivity contribution is 5.85. The van der Waals surface area contributed by atoms with E-state index in [0.717, 1.165) is 43.1 Å². The number of ether oxygens (including phenoxy) is 2. The predicted octanol–water partition coefficient (Wildman–Crippen LogP) is 3.17. The van der Waals surface area contributed by atoms with E-state index in [-0.39, 0.29) is 12.4 Å². The third kappa shape index (κ3) is 3.87. The molecule has 1 fully saturated rings. The molecule has 0 atom stereocenters. The van der Waals surface area contributed by atoms with E-state index in [1.165, 1.54) is 0 Å². The van der Waals surface area contributed by atoms with Gasteiger partial charge in [0, 0.05) is 18.3 Å². The summed E-state index contributed by atoms with van der Waals surface area (Å²) in [5, 5.41) is 3.36. The predicted molar refractivity (Wildman–Crippen MR) is 87.2 cm³/mol. The lowest BCUT2D eigenvalue weighted by Crippen LogP contribution is -2.27. The highest BCUT2D eigenvalue weighted by atomic mass is 35.5. The number of rotatable bonds is 4. The molecule has 1 N–H and O–H groups in total. The number of benzene rings is 1. The molecule has 2 aromatic rings. The van der Waals surface area contributed by atoms with E-state index in [0.29, 0.717) is 11.8 Å². The Morgan fingerprint density at radius 3 is 2.32 bits per heavy atom. The zero-order valence-corrected chi connectivity index (χ0v) is 13.3. The van der Waals surface area contributed by atoms with Crippen molar-refractivity contribution in [1.82, 2.24) is 15.3 Å². The van der Waals surface area contributed by atoms with Crippen LogP contribution in [0, 0.1) is 0 Å². The van der Waals surface area contributed by atoms with Crippen molar-refractivity contribution in [3.63, 3.8) is 0 Å². The molecule has 1 aromatic carbocycles. The normalized spacial score (nSPS) is 15.0. The van der Waals surface area contributed by atoms with Crippen molar-refractivity contribution in [2.75, 3.05) is 20.2 Å². The highest BCUT2D eigenvalue weighted by Gasteiger charge is 2.21. The molecule has 3 rings (SSSR count). The molecule has 0 bridgehead atoms.